The molecule has 6 heteroatoms. The van der Waals surface area contributed by atoms with Gasteiger partial charge in [0.15, 0.2) is 5.78 Å². The maximum atomic E-state index is 12.8. The van der Waals surface area contributed by atoms with Crippen LogP contribution >= 0.6 is 0 Å². The Morgan fingerprint density at radius 3 is 2.57 bits per heavy atom. The highest BCUT2D eigenvalue weighted by Gasteiger charge is 2.15. The van der Waals surface area contributed by atoms with Crippen molar-refractivity contribution in [2.45, 2.75) is 13.3 Å². The van der Waals surface area contributed by atoms with Crippen molar-refractivity contribution in [3.8, 4) is 17.1 Å². The molecule has 150 valence electrons. The molecule has 0 radical (unpaired) electrons. The molecule has 1 heterocycles. The van der Waals surface area contributed by atoms with Gasteiger partial charge in [-0.2, -0.15) is 0 Å². The lowest BCUT2D eigenvalue weighted by molar-refractivity contribution is -0.115. The van der Waals surface area contributed by atoms with E-state index in [1.54, 1.807) is 25.3 Å². The van der Waals surface area contributed by atoms with Crippen molar-refractivity contribution in [3.63, 3.8) is 0 Å². The number of benzene rings is 3. The lowest BCUT2D eigenvalue weighted by Crippen LogP contribution is -2.16. The fourth-order valence-corrected chi connectivity index (χ4v) is 3.38. The highest BCUT2D eigenvalue weighted by molar-refractivity contribution is 5.98. The maximum absolute atomic E-state index is 12.8. The van der Waals surface area contributed by atoms with Gasteiger partial charge in [0.25, 0.3) is 0 Å². The molecule has 6 nitrogen and oxygen atoms in total. The van der Waals surface area contributed by atoms with E-state index in [1.807, 2.05) is 48.5 Å². The molecule has 0 atom stereocenters. The van der Waals surface area contributed by atoms with Gasteiger partial charge in [-0.25, -0.2) is 4.98 Å². The molecule has 3 aromatic carbocycles. The van der Waals surface area contributed by atoms with Gasteiger partial charge in [-0.3, -0.25) is 9.59 Å². The Balaban J connectivity index is 1.60. The number of methoxy groups -OCH3 is 1. The van der Waals surface area contributed by atoms with Gasteiger partial charge in [-0.05, 0) is 49.4 Å². The fourth-order valence-electron chi connectivity index (χ4n) is 3.38. The highest BCUT2D eigenvalue weighted by atomic mass is 16.5. The third kappa shape index (κ3) is 3.93. The number of nitrogens with one attached hydrogen (secondary N) is 2. The molecule has 0 aliphatic rings. The monoisotopic (exact) mass is 399 g/mol. The SMILES string of the molecule is COc1ccc(C(C)=O)cc1CC(=O)Nc1ccccc1-c1nc2ccccc2[nH]1. The van der Waals surface area contributed by atoms with Gasteiger partial charge in [0.2, 0.25) is 5.91 Å². The Hall–Kier alpha value is -3.93. The fraction of sp³-hybridized carbons (Fsp3) is 0.125. The molecule has 0 saturated heterocycles. The number of fused-ring (bicyclic) bond motifs is 1. The Bertz CT molecular complexity index is 1210. The van der Waals surface area contributed by atoms with E-state index in [1.165, 1.54) is 6.92 Å². The molecule has 0 aliphatic carbocycles. The number of rotatable bonds is 6. The summed E-state index contributed by atoms with van der Waals surface area (Å²) in [6.07, 6.45) is 0.0821. The summed E-state index contributed by atoms with van der Waals surface area (Å²) in [4.78, 5) is 32.4. The second kappa shape index (κ2) is 8.21. The smallest absolute Gasteiger partial charge is 0.228 e. The van der Waals surface area contributed by atoms with Crippen LogP contribution in [0.5, 0.6) is 5.75 Å². The number of ether oxygens (including phenoxy) is 1. The van der Waals surface area contributed by atoms with Crippen molar-refractivity contribution >= 4 is 28.4 Å². The molecule has 0 unspecified atom stereocenters. The van der Waals surface area contributed by atoms with Crippen LogP contribution in [-0.2, 0) is 11.2 Å². The number of para-hydroxylation sites is 3. The van der Waals surface area contributed by atoms with Gasteiger partial charge in [0, 0.05) is 16.7 Å². The molecule has 0 fully saturated rings. The molecule has 30 heavy (non-hydrogen) atoms. The van der Waals surface area contributed by atoms with Crippen molar-refractivity contribution < 1.29 is 14.3 Å². The second-order valence-corrected chi connectivity index (χ2v) is 6.96. The summed E-state index contributed by atoms with van der Waals surface area (Å²) >= 11 is 0. The number of ketones is 1. The summed E-state index contributed by atoms with van der Waals surface area (Å²) in [6, 6.07) is 20.4. The molecule has 4 aromatic rings. The molecule has 4 rings (SSSR count). The van der Waals surface area contributed by atoms with E-state index in [4.69, 9.17) is 4.74 Å². The van der Waals surface area contributed by atoms with Crippen LogP contribution in [0.4, 0.5) is 5.69 Å². The predicted molar refractivity (Wildman–Crippen MR) is 117 cm³/mol. The zero-order valence-corrected chi connectivity index (χ0v) is 16.7. The first kappa shape index (κ1) is 19.4. The van der Waals surface area contributed by atoms with Crippen molar-refractivity contribution in [1.82, 2.24) is 9.97 Å². The van der Waals surface area contributed by atoms with Crippen molar-refractivity contribution in [2.24, 2.45) is 0 Å². The van der Waals surface area contributed by atoms with Crippen LogP contribution in [-0.4, -0.2) is 28.8 Å². The van der Waals surface area contributed by atoms with Gasteiger partial charge in [0.05, 0.1) is 30.3 Å². The molecule has 1 amide bonds. The van der Waals surface area contributed by atoms with Crippen molar-refractivity contribution in [1.29, 1.82) is 0 Å². The minimum absolute atomic E-state index is 0.0606. The number of anilines is 1. The first-order valence-corrected chi connectivity index (χ1v) is 9.57. The Kier molecular flexibility index (Phi) is 5.30. The number of carbonyl (C=O) groups excluding carboxylic acids is 2. The molecule has 0 bridgehead atoms. The minimum atomic E-state index is -0.211. The first-order chi connectivity index (χ1) is 14.5. The lowest BCUT2D eigenvalue weighted by atomic mass is 10.0. The van der Waals surface area contributed by atoms with E-state index in [-0.39, 0.29) is 18.1 Å². The third-order valence-electron chi connectivity index (χ3n) is 4.88. The molecule has 2 N–H and O–H groups in total. The van der Waals surface area contributed by atoms with E-state index < -0.39 is 0 Å². The summed E-state index contributed by atoms with van der Waals surface area (Å²) in [5, 5.41) is 2.96. The third-order valence-corrected chi connectivity index (χ3v) is 4.88. The largest absolute Gasteiger partial charge is 0.496 e. The van der Waals surface area contributed by atoms with Crippen LogP contribution in [0, 0.1) is 0 Å². The zero-order chi connectivity index (χ0) is 21.1. The van der Waals surface area contributed by atoms with Crippen LogP contribution in [0.1, 0.15) is 22.8 Å². The predicted octanol–water partition coefficient (Wildman–Crippen LogP) is 4.62. The van der Waals surface area contributed by atoms with Gasteiger partial charge < -0.3 is 15.0 Å². The second-order valence-electron chi connectivity index (χ2n) is 6.96. The summed E-state index contributed by atoms with van der Waals surface area (Å²) in [5.74, 6) is 0.982. The van der Waals surface area contributed by atoms with Crippen LogP contribution in [0.25, 0.3) is 22.4 Å². The average molecular weight is 399 g/mol. The number of carbonyl (C=O) groups is 2. The zero-order valence-electron chi connectivity index (χ0n) is 16.7. The minimum Gasteiger partial charge on any atom is -0.496 e. The van der Waals surface area contributed by atoms with Crippen molar-refractivity contribution in [3.05, 3.63) is 77.9 Å². The molecule has 0 spiro atoms. The Labute approximate surface area is 173 Å². The van der Waals surface area contributed by atoms with E-state index in [0.29, 0.717) is 28.4 Å². The standard InChI is InChI=1S/C24H21N3O3/c1-15(28)16-11-12-22(30-2)17(13-16)14-23(29)25-19-8-4-3-7-18(19)24-26-20-9-5-6-10-21(20)27-24/h3-13H,14H2,1-2H3,(H,25,29)(H,26,27). The number of imidazole rings is 1. The molecule has 1 aromatic heterocycles. The summed E-state index contributed by atoms with van der Waals surface area (Å²) in [5.41, 5.74) is 4.44. The Morgan fingerprint density at radius 1 is 1.03 bits per heavy atom. The molecular formula is C24H21N3O3. The topological polar surface area (TPSA) is 84.1 Å². The lowest BCUT2D eigenvalue weighted by Gasteiger charge is -2.12. The van der Waals surface area contributed by atoms with Gasteiger partial charge in [-0.15, -0.1) is 0 Å². The number of H-pyrrole nitrogens is 1. The van der Waals surface area contributed by atoms with E-state index in [0.717, 1.165) is 16.6 Å². The van der Waals surface area contributed by atoms with Gasteiger partial charge in [-0.1, -0.05) is 24.3 Å². The number of nitrogens with zero attached hydrogens (tertiary/aromatic N) is 1. The van der Waals surface area contributed by atoms with E-state index >= 15 is 0 Å². The van der Waals surface area contributed by atoms with Crippen LogP contribution < -0.4 is 10.1 Å². The number of aromatic nitrogens is 2. The van der Waals surface area contributed by atoms with Crippen LogP contribution in [0.15, 0.2) is 66.7 Å². The summed E-state index contributed by atoms with van der Waals surface area (Å²) in [7, 11) is 1.54. The first-order valence-electron chi connectivity index (χ1n) is 9.57. The summed E-state index contributed by atoms with van der Waals surface area (Å²) in [6.45, 7) is 1.50. The summed E-state index contributed by atoms with van der Waals surface area (Å²) < 4.78 is 5.35. The van der Waals surface area contributed by atoms with E-state index in [9.17, 15) is 9.59 Å². The number of amides is 1. The van der Waals surface area contributed by atoms with Gasteiger partial charge >= 0.3 is 0 Å². The number of Topliss-reactive ketones (excluding diaryl/α,β-unsaturated/α-hetero) is 1. The maximum Gasteiger partial charge on any atom is 0.228 e. The van der Waals surface area contributed by atoms with Crippen molar-refractivity contribution in [2.75, 3.05) is 12.4 Å². The van der Waals surface area contributed by atoms with Crippen LogP contribution in [0.2, 0.25) is 0 Å². The number of hydrogen-bond donors (Lipinski definition) is 2. The normalized spacial score (nSPS) is 10.7. The van der Waals surface area contributed by atoms with Gasteiger partial charge in [0.1, 0.15) is 11.6 Å². The molecule has 0 aliphatic heterocycles. The molecular weight excluding hydrogens is 378 g/mol. The molecule has 0 saturated carbocycles. The van der Waals surface area contributed by atoms with Crippen LogP contribution in [0.3, 0.4) is 0 Å². The Morgan fingerprint density at radius 2 is 1.80 bits per heavy atom. The van der Waals surface area contributed by atoms with E-state index in [2.05, 4.69) is 15.3 Å². The number of aromatic amines is 1. The number of hydrogen-bond acceptors (Lipinski definition) is 4. The average Bonchev–Trinajstić information content (AvgIpc) is 3.18. The highest BCUT2D eigenvalue weighted by Crippen LogP contribution is 2.28. The quantitative estimate of drug-likeness (QED) is 0.463.